The molecular formula is C22H20ClNO2. The fourth-order valence-electron chi connectivity index (χ4n) is 3.65. The van der Waals surface area contributed by atoms with Crippen molar-refractivity contribution in [3.8, 4) is 16.9 Å². The van der Waals surface area contributed by atoms with Gasteiger partial charge in [0.25, 0.3) is 0 Å². The van der Waals surface area contributed by atoms with E-state index in [4.69, 9.17) is 16.3 Å². The molecule has 3 aromatic rings. The number of aromatic nitrogens is 1. The zero-order valence-electron chi connectivity index (χ0n) is 14.6. The number of benzene rings is 2. The Morgan fingerprint density at radius 1 is 1.12 bits per heavy atom. The number of carbonyl (C=O) groups excluding carboxylic acids is 1. The van der Waals surface area contributed by atoms with Gasteiger partial charge in [0.05, 0.1) is 17.5 Å². The number of hydrogen-bond acceptors (Lipinski definition) is 2. The Morgan fingerprint density at radius 3 is 2.54 bits per heavy atom. The van der Waals surface area contributed by atoms with E-state index in [0.29, 0.717) is 24.5 Å². The van der Waals surface area contributed by atoms with E-state index in [9.17, 15) is 4.79 Å². The smallest absolute Gasteiger partial charge is 0.164 e. The van der Waals surface area contributed by atoms with Gasteiger partial charge in [-0.1, -0.05) is 41.9 Å². The first-order chi connectivity index (χ1) is 12.7. The molecule has 1 aromatic heterocycles. The van der Waals surface area contributed by atoms with E-state index < -0.39 is 0 Å². The van der Waals surface area contributed by atoms with E-state index in [1.54, 1.807) is 0 Å². The van der Waals surface area contributed by atoms with Crippen molar-refractivity contribution in [1.29, 1.82) is 0 Å². The number of rotatable bonds is 4. The molecule has 0 saturated carbocycles. The average molecular weight is 366 g/mol. The summed E-state index contributed by atoms with van der Waals surface area (Å²) >= 11 is 6.09. The molecule has 1 atom stereocenters. The summed E-state index contributed by atoms with van der Waals surface area (Å²) in [6, 6.07) is 19.9. The van der Waals surface area contributed by atoms with Crippen molar-refractivity contribution in [2.45, 2.75) is 25.9 Å². The fourth-order valence-corrected chi connectivity index (χ4v) is 3.78. The van der Waals surface area contributed by atoms with Gasteiger partial charge in [-0.3, -0.25) is 4.79 Å². The van der Waals surface area contributed by atoms with Crippen LogP contribution >= 0.6 is 11.6 Å². The Balaban J connectivity index is 1.99. The largest absolute Gasteiger partial charge is 0.372 e. The lowest BCUT2D eigenvalue weighted by Gasteiger charge is -2.25. The van der Waals surface area contributed by atoms with Crippen LogP contribution in [0.1, 0.15) is 41.9 Å². The monoisotopic (exact) mass is 365 g/mol. The second-order valence-corrected chi connectivity index (χ2v) is 6.85. The van der Waals surface area contributed by atoms with Gasteiger partial charge in [0.2, 0.25) is 0 Å². The van der Waals surface area contributed by atoms with Crippen molar-refractivity contribution in [3.05, 3.63) is 76.9 Å². The number of halogens is 1. The lowest BCUT2D eigenvalue weighted by Crippen LogP contribution is -2.20. The first-order valence-corrected chi connectivity index (χ1v) is 9.28. The Morgan fingerprint density at radius 2 is 1.85 bits per heavy atom. The SMILES string of the molecule is CCOC1CCC(=O)c2cc(-c3ccccc3)n(-c3ccc(Cl)cc3)c21. The first kappa shape index (κ1) is 17.1. The van der Waals surface area contributed by atoms with Crippen LogP contribution in [0, 0.1) is 0 Å². The highest BCUT2D eigenvalue weighted by atomic mass is 35.5. The molecule has 0 bridgehead atoms. The third-order valence-electron chi connectivity index (χ3n) is 4.80. The van der Waals surface area contributed by atoms with E-state index in [1.807, 2.05) is 55.5 Å². The van der Waals surface area contributed by atoms with Crippen LogP contribution in [-0.4, -0.2) is 17.0 Å². The molecule has 26 heavy (non-hydrogen) atoms. The van der Waals surface area contributed by atoms with Crippen LogP contribution in [0.2, 0.25) is 5.02 Å². The third kappa shape index (κ3) is 2.98. The van der Waals surface area contributed by atoms with Crippen LogP contribution in [0.4, 0.5) is 0 Å². The Kier molecular flexibility index (Phi) is 4.66. The number of hydrogen-bond donors (Lipinski definition) is 0. The highest BCUT2D eigenvalue weighted by Gasteiger charge is 2.32. The summed E-state index contributed by atoms with van der Waals surface area (Å²) in [5, 5.41) is 0.688. The number of ether oxygens (including phenoxy) is 1. The van der Waals surface area contributed by atoms with E-state index >= 15 is 0 Å². The van der Waals surface area contributed by atoms with Gasteiger partial charge in [-0.15, -0.1) is 0 Å². The lowest BCUT2D eigenvalue weighted by atomic mass is 9.94. The van der Waals surface area contributed by atoms with Crippen LogP contribution in [0.5, 0.6) is 0 Å². The quantitative estimate of drug-likeness (QED) is 0.580. The fraction of sp³-hybridized carbons (Fsp3) is 0.227. The molecule has 0 saturated heterocycles. The standard InChI is InChI=1S/C22H20ClNO2/c1-2-26-21-13-12-20(25)18-14-19(15-6-4-3-5-7-15)24(22(18)21)17-10-8-16(23)9-11-17/h3-11,14,21H,2,12-13H2,1H3. The van der Waals surface area contributed by atoms with Gasteiger partial charge in [-0.2, -0.15) is 0 Å². The zero-order valence-corrected chi connectivity index (χ0v) is 15.4. The van der Waals surface area contributed by atoms with E-state index in [0.717, 1.165) is 28.2 Å². The van der Waals surface area contributed by atoms with Crippen LogP contribution in [0.15, 0.2) is 60.7 Å². The predicted molar refractivity (Wildman–Crippen MR) is 104 cm³/mol. The normalized spacial score (nSPS) is 16.5. The molecule has 0 aliphatic heterocycles. The Labute approximate surface area is 158 Å². The Bertz CT molecular complexity index is 929. The summed E-state index contributed by atoms with van der Waals surface area (Å²) in [7, 11) is 0. The summed E-state index contributed by atoms with van der Waals surface area (Å²) in [4.78, 5) is 12.6. The highest BCUT2D eigenvalue weighted by Crippen LogP contribution is 2.40. The lowest BCUT2D eigenvalue weighted by molar-refractivity contribution is 0.0435. The number of ketones is 1. The van der Waals surface area contributed by atoms with Gasteiger partial charge >= 0.3 is 0 Å². The molecule has 2 aromatic carbocycles. The Hall–Kier alpha value is -2.36. The topological polar surface area (TPSA) is 31.2 Å². The maximum Gasteiger partial charge on any atom is 0.164 e. The van der Waals surface area contributed by atoms with Crippen molar-refractivity contribution >= 4 is 17.4 Å². The summed E-state index contributed by atoms with van der Waals surface area (Å²) in [6.07, 6.45) is 1.16. The molecule has 132 valence electrons. The molecule has 4 heteroatoms. The third-order valence-corrected chi connectivity index (χ3v) is 5.05. The predicted octanol–water partition coefficient (Wildman–Crippen LogP) is 5.85. The van der Waals surface area contributed by atoms with Crippen LogP contribution in [0.3, 0.4) is 0 Å². The molecule has 0 amide bonds. The molecule has 1 aliphatic carbocycles. The van der Waals surface area contributed by atoms with E-state index in [1.165, 1.54) is 0 Å². The maximum absolute atomic E-state index is 12.6. The first-order valence-electron chi connectivity index (χ1n) is 8.91. The number of Topliss-reactive ketones (excluding diaryl/α,β-unsaturated/α-hetero) is 1. The van der Waals surface area contributed by atoms with Crippen molar-refractivity contribution in [3.63, 3.8) is 0 Å². The van der Waals surface area contributed by atoms with Crippen LogP contribution in [-0.2, 0) is 4.74 Å². The minimum absolute atomic E-state index is 0.0826. The summed E-state index contributed by atoms with van der Waals surface area (Å²) in [5.74, 6) is 0.181. The molecule has 0 fully saturated rings. The van der Waals surface area contributed by atoms with Crippen molar-refractivity contribution in [2.24, 2.45) is 0 Å². The zero-order chi connectivity index (χ0) is 18.1. The number of nitrogens with zero attached hydrogens (tertiary/aromatic N) is 1. The highest BCUT2D eigenvalue weighted by molar-refractivity contribution is 6.30. The molecule has 4 rings (SSSR count). The summed E-state index contributed by atoms with van der Waals surface area (Å²) in [5.41, 5.74) is 4.76. The van der Waals surface area contributed by atoms with Gasteiger partial charge in [-0.25, -0.2) is 0 Å². The number of fused-ring (bicyclic) bond motifs is 1. The van der Waals surface area contributed by atoms with Crippen molar-refractivity contribution in [2.75, 3.05) is 6.61 Å². The van der Waals surface area contributed by atoms with E-state index in [2.05, 4.69) is 16.7 Å². The molecule has 1 unspecified atom stereocenters. The summed E-state index contributed by atoms with van der Waals surface area (Å²) in [6.45, 7) is 2.61. The van der Waals surface area contributed by atoms with Crippen molar-refractivity contribution < 1.29 is 9.53 Å². The van der Waals surface area contributed by atoms with E-state index in [-0.39, 0.29) is 11.9 Å². The van der Waals surface area contributed by atoms with Crippen LogP contribution < -0.4 is 0 Å². The van der Waals surface area contributed by atoms with Gasteiger partial charge in [0.15, 0.2) is 5.78 Å². The summed E-state index contributed by atoms with van der Waals surface area (Å²) < 4.78 is 8.14. The van der Waals surface area contributed by atoms with Gasteiger partial charge in [-0.05, 0) is 49.2 Å². The molecule has 1 heterocycles. The molecule has 0 radical (unpaired) electrons. The molecule has 0 N–H and O–H groups in total. The molecular weight excluding hydrogens is 346 g/mol. The second-order valence-electron chi connectivity index (χ2n) is 6.41. The second kappa shape index (κ2) is 7.10. The maximum atomic E-state index is 12.6. The van der Waals surface area contributed by atoms with Gasteiger partial charge < -0.3 is 9.30 Å². The number of carbonyl (C=O) groups is 1. The van der Waals surface area contributed by atoms with Crippen LogP contribution in [0.25, 0.3) is 16.9 Å². The molecule has 1 aliphatic rings. The minimum atomic E-state index is -0.0826. The minimum Gasteiger partial charge on any atom is -0.372 e. The van der Waals surface area contributed by atoms with Gasteiger partial charge in [0.1, 0.15) is 0 Å². The molecule has 0 spiro atoms. The molecule has 3 nitrogen and oxygen atoms in total. The van der Waals surface area contributed by atoms with Crippen molar-refractivity contribution in [1.82, 2.24) is 4.57 Å². The average Bonchev–Trinajstić information content (AvgIpc) is 3.07. The van der Waals surface area contributed by atoms with Gasteiger partial charge in [0, 0.05) is 29.3 Å².